The average Bonchev–Trinajstić information content (AvgIpc) is 2.40. The maximum atomic E-state index is 11.3. The summed E-state index contributed by atoms with van der Waals surface area (Å²) in [7, 11) is 0. The van der Waals surface area contributed by atoms with Crippen molar-refractivity contribution < 1.29 is 4.79 Å². The predicted molar refractivity (Wildman–Crippen MR) is 85.3 cm³/mol. The van der Waals surface area contributed by atoms with Gasteiger partial charge in [0.1, 0.15) is 5.78 Å². The smallest absolute Gasteiger partial charge is 0.132 e. The largest absolute Gasteiger partial charge is 0.300 e. The van der Waals surface area contributed by atoms with Crippen LogP contribution in [0.2, 0.25) is 0 Å². The SMILES string of the molecule is CCCCC=CC=CC=CCCCCC(=O)CCC. The molecule has 0 N–H and O–H groups in total. The van der Waals surface area contributed by atoms with Gasteiger partial charge in [-0.05, 0) is 32.1 Å². The molecule has 0 saturated carbocycles. The van der Waals surface area contributed by atoms with E-state index in [1.165, 1.54) is 19.3 Å². The van der Waals surface area contributed by atoms with Crippen molar-refractivity contribution in [3.05, 3.63) is 36.5 Å². The second-order valence-electron chi connectivity index (χ2n) is 4.92. The van der Waals surface area contributed by atoms with Crippen molar-refractivity contribution >= 4 is 5.78 Å². The number of unbranched alkanes of at least 4 members (excludes halogenated alkanes) is 4. The molecular weight excluding hydrogens is 232 g/mol. The number of hydrogen-bond donors (Lipinski definition) is 0. The standard InChI is InChI=1S/C18H30O/c1-3-5-6-7-8-9-10-11-12-13-14-15-17-18(19)16-4-2/h7-12H,3-6,13-17H2,1-2H3. The number of Topliss-reactive ketones (excluding diaryl/α,β-unsaturated/α-hetero) is 1. The molecule has 1 heteroatoms. The third-order valence-corrected chi connectivity index (χ3v) is 2.94. The van der Waals surface area contributed by atoms with Crippen LogP contribution in [0, 0.1) is 0 Å². The van der Waals surface area contributed by atoms with Crippen LogP contribution < -0.4 is 0 Å². The van der Waals surface area contributed by atoms with Crippen LogP contribution >= 0.6 is 0 Å². The first-order valence-electron chi connectivity index (χ1n) is 7.81. The Morgan fingerprint density at radius 2 is 1.37 bits per heavy atom. The van der Waals surface area contributed by atoms with Gasteiger partial charge in [-0.2, -0.15) is 0 Å². The lowest BCUT2D eigenvalue weighted by Gasteiger charge is -1.97. The first-order valence-corrected chi connectivity index (χ1v) is 7.81. The highest BCUT2D eigenvalue weighted by atomic mass is 16.1. The van der Waals surface area contributed by atoms with Crippen molar-refractivity contribution in [2.45, 2.75) is 71.6 Å². The molecule has 19 heavy (non-hydrogen) atoms. The van der Waals surface area contributed by atoms with Gasteiger partial charge < -0.3 is 0 Å². The van der Waals surface area contributed by atoms with Gasteiger partial charge in [0.2, 0.25) is 0 Å². The number of carbonyl (C=O) groups excluding carboxylic acids is 1. The van der Waals surface area contributed by atoms with Gasteiger partial charge >= 0.3 is 0 Å². The Hall–Kier alpha value is -1.11. The second kappa shape index (κ2) is 14.9. The number of rotatable bonds is 12. The van der Waals surface area contributed by atoms with Crippen LogP contribution in [0.4, 0.5) is 0 Å². The highest BCUT2D eigenvalue weighted by Gasteiger charge is 1.98. The molecule has 0 atom stereocenters. The van der Waals surface area contributed by atoms with E-state index in [-0.39, 0.29) is 0 Å². The quantitative estimate of drug-likeness (QED) is 0.322. The van der Waals surface area contributed by atoms with Crippen molar-refractivity contribution in [1.29, 1.82) is 0 Å². The summed E-state index contributed by atoms with van der Waals surface area (Å²) in [6.07, 6.45) is 22.2. The Morgan fingerprint density at radius 1 is 0.737 bits per heavy atom. The minimum absolute atomic E-state index is 0.420. The summed E-state index contributed by atoms with van der Waals surface area (Å²) < 4.78 is 0. The fourth-order valence-corrected chi connectivity index (χ4v) is 1.79. The van der Waals surface area contributed by atoms with Gasteiger partial charge in [0.25, 0.3) is 0 Å². The van der Waals surface area contributed by atoms with Crippen LogP contribution in [0.3, 0.4) is 0 Å². The zero-order chi connectivity index (χ0) is 14.2. The van der Waals surface area contributed by atoms with E-state index in [9.17, 15) is 4.79 Å². The van der Waals surface area contributed by atoms with E-state index in [4.69, 9.17) is 0 Å². The third kappa shape index (κ3) is 14.8. The van der Waals surface area contributed by atoms with E-state index in [1.807, 2.05) is 0 Å². The molecule has 0 aromatic rings. The Kier molecular flexibility index (Phi) is 14.1. The molecule has 1 nitrogen and oxygen atoms in total. The highest BCUT2D eigenvalue weighted by molar-refractivity contribution is 5.78. The predicted octanol–water partition coefficient (Wildman–Crippen LogP) is 5.77. The summed E-state index contributed by atoms with van der Waals surface area (Å²) in [5, 5.41) is 0. The number of hydrogen-bond acceptors (Lipinski definition) is 1. The Bertz CT molecular complexity index is 284. The molecule has 0 spiro atoms. The Labute approximate surface area is 119 Å². The highest BCUT2D eigenvalue weighted by Crippen LogP contribution is 2.04. The molecule has 0 aromatic heterocycles. The lowest BCUT2D eigenvalue weighted by atomic mass is 10.1. The average molecular weight is 262 g/mol. The summed E-state index contributed by atoms with van der Waals surface area (Å²) >= 11 is 0. The Balaban J connectivity index is 3.41. The van der Waals surface area contributed by atoms with E-state index < -0.39 is 0 Å². The Morgan fingerprint density at radius 3 is 1.95 bits per heavy atom. The molecule has 0 heterocycles. The molecule has 0 fully saturated rings. The van der Waals surface area contributed by atoms with Crippen molar-refractivity contribution in [2.75, 3.05) is 0 Å². The van der Waals surface area contributed by atoms with Gasteiger partial charge in [-0.15, -0.1) is 0 Å². The lowest BCUT2D eigenvalue weighted by molar-refractivity contribution is -0.119. The molecule has 0 aliphatic heterocycles. The first kappa shape index (κ1) is 17.9. The third-order valence-electron chi connectivity index (χ3n) is 2.94. The van der Waals surface area contributed by atoms with Crippen LogP contribution in [0.1, 0.15) is 71.6 Å². The monoisotopic (exact) mass is 262 g/mol. The summed E-state index contributed by atoms with van der Waals surface area (Å²) in [4.78, 5) is 11.3. The van der Waals surface area contributed by atoms with Crippen LogP contribution in [0.5, 0.6) is 0 Å². The maximum absolute atomic E-state index is 11.3. The molecule has 0 unspecified atom stereocenters. The fourth-order valence-electron chi connectivity index (χ4n) is 1.79. The molecule has 0 rings (SSSR count). The second-order valence-corrected chi connectivity index (χ2v) is 4.92. The fraction of sp³-hybridized carbons (Fsp3) is 0.611. The van der Waals surface area contributed by atoms with Gasteiger partial charge in [0.05, 0.1) is 0 Å². The molecule has 0 aliphatic rings. The van der Waals surface area contributed by atoms with Crippen LogP contribution in [-0.2, 0) is 4.79 Å². The van der Waals surface area contributed by atoms with Gasteiger partial charge in [-0.3, -0.25) is 4.79 Å². The van der Waals surface area contributed by atoms with Crippen LogP contribution in [0.25, 0.3) is 0 Å². The summed E-state index contributed by atoms with van der Waals surface area (Å²) in [6.45, 7) is 4.27. The van der Waals surface area contributed by atoms with Gasteiger partial charge in [0.15, 0.2) is 0 Å². The molecule has 108 valence electrons. The molecule has 0 radical (unpaired) electrons. The lowest BCUT2D eigenvalue weighted by Crippen LogP contribution is -1.95. The van der Waals surface area contributed by atoms with Crippen molar-refractivity contribution in [3.63, 3.8) is 0 Å². The minimum Gasteiger partial charge on any atom is -0.300 e. The molecule has 0 aliphatic carbocycles. The van der Waals surface area contributed by atoms with E-state index in [1.54, 1.807) is 0 Å². The minimum atomic E-state index is 0.420. The maximum Gasteiger partial charge on any atom is 0.132 e. The molecule has 0 bridgehead atoms. The summed E-state index contributed by atoms with van der Waals surface area (Å²) in [5.41, 5.74) is 0. The number of carbonyl (C=O) groups is 1. The van der Waals surface area contributed by atoms with Crippen LogP contribution in [-0.4, -0.2) is 5.78 Å². The summed E-state index contributed by atoms with van der Waals surface area (Å²) in [5.74, 6) is 0.420. The first-order chi connectivity index (χ1) is 9.31. The number of allylic oxidation sites excluding steroid dienone is 6. The van der Waals surface area contributed by atoms with Crippen LogP contribution in [0.15, 0.2) is 36.5 Å². The van der Waals surface area contributed by atoms with E-state index in [0.717, 1.165) is 38.5 Å². The number of ketones is 1. The van der Waals surface area contributed by atoms with E-state index in [0.29, 0.717) is 5.78 Å². The van der Waals surface area contributed by atoms with Gasteiger partial charge in [-0.25, -0.2) is 0 Å². The van der Waals surface area contributed by atoms with Crippen molar-refractivity contribution in [1.82, 2.24) is 0 Å². The zero-order valence-corrected chi connectivity index (χ0v) is 12.7. The normalized spacial score (nSPS) is 12.1. The molecule has 0 saturated heterocycles. The van der Waals surface area contributed by atoms with Crippen molar-refractivity contribution in [2.24, 2.45) is 0 Å². The van der Waals surface area contributed by atoms with Gasteiger partial charge in [0, 0.05) is 12.8 Å². The van der Waals surface area contributed by atoms with E-state index >= 15 is 0 Å². The zero-order valence-electron chi connectivity index (χ0n) is 12.7. The topological polar surface area (TPSA) is 17.1 Å². The van der Waals surface area contributed by atoms with Gasteiger partial charge in [-0.1, -0.05) is 63.1 Å². The molecule has 0 aromatic carbocycles. The molecular formula is C18H30O. The summed E-state index contributed by atoms with van der Waals surface area (Å²) in [6, 6.07) is 0. The molecule has 0 amide bonds. The van der Waals surface area contributed by atoms with Crippen molar-refractivity contribution in [3.8, 4) is 0 Å². The van der Waals surface area contributed by atoms with E-state index in [2.05, 4.69) is 50.3 Å².